The molecule has 0 saturated carbocycles. The molecular weight excluding hydrogens is 279 g/mol. The van der Waals surface area contributed by atoms with Crippen molar-refractivity contribution in [2.24, 2.45) is 5.73 Å². The van der Waals surface area contributed by atoms with Gasteiger partial charge in [-0.05, 0) is 31.0 Å². The Bertz CT molecular complexity index is 507. The smallest absolute Gasteiger partial charge is 0.328 e. The maximum atomic E-state index is 12.3. The van der Waals surface area contributed by atoms with Crippen LogP contribution >= 0.6 is 0 Å². The molecule has 0 heterocycles. The van der Waals surface area contributed by atoms with Gasteiger partial charge < -0.3 is 5.73 Å². The van der Waals surface area contributed by atoms with E-state index in [0.29, 0.717) is 12.0 Å². The van der Waals surface area contributed by atoms with Crippen LogP contribution in [0.15, 0.2) is 24.3 Å². The lowest BCUT2D eigenvalue weighted by Crippen LogP contribution is -2.20. The van der Waals surface area contributed by atoms with Gasteiger partial charge in [0.05, 0.1) is 17.1 Å². The topological polar surface area (TPSA) is 60.2 Å². The highest BCUT2D eigenvalue weighted by atomic mass is 32.2. The summed E-state index contributed by atoms with van der Waals surface area (Å²) in [7, 11) is -3.34. The second-order valence-electron chi connectivity index (χ2n) is 4.55. The highest BCUT2D eigenvalue weighted by Gasteiger charge is 2.30. The van der Waals surface area contributed by atoms with E-state index >= 15 is 0 Å². The Morgan fingerprint density at radius 3 is 2.16 bits per heavy atom. The molecule has 0 amide bonds. The Labute approximate surface area is 110 Å². The van der Waals surface area contributed by atoms with E-state index in [9.17, 15) is 21.6 Å². The number of rotatable bonds is 5. The molecule has 1 rings (SSSR count). The number of halogens is 3. The molecule has 1 aromatic carbocycles. The number of sulfone groups is 1. The Kier molecular flexibility index (Phi) is 4.98. The average Bonchev–Trinajstić information content (AvgIpc) is 2.25. The Hall–Kier alpha value is -1.08. The van der Waals surface area contributed by atoms with Gasteiger partial charge in [0.25, 0.3) is 0 Å². The van der Waals surface area contributed by atoms with Gasteiger partial charge in [-0.25, -0.2) is 8.42 Å². The molecule has 0 aliphatic heterocycles. The van der Waals surface area contributed by atoms with Crippen molar-refractivity contribution in [3.63, 3.8) is 0 Å². The number of benzene rings is 1. The van der Waals surface area contributed by atoms with E-state index in [4.69, 9.17) is 5.73 Å². The molecule has 0 bridgehead atoms. The summed E-state index contributed by atoms with van der Waals surface area (Å²) in [4.78, 5) is 0. The van der Waals surface area contributed by atoms with Gasteiger partial charge in [-0.15, -0.1) is 0 Å². The maximum absolute atomic E-state index is 12.3. The summed E-state index contributed by atoms with van der Waals surface area (Å²) >= 11 is 0. The van der Waals surface area contributed by atoms with Gasteiger partial charge in [-0.3, -0.25) is 0 Å². The van der Waals surface area contributed by atoms with Gasteiger partial charge in [-0.1, -0.05) is 12.1 Å². The second kappa shape index (κ2) is 5.92. The van der Waals surface area contributed by atoms with Crippen molar-refractivity contribution in [3.05, 3.63) is 35.4 Å². The molecule has 7 heteroatoms. The second-order valence-corrected chi connectivity index (χ2v) is 6.74. The fourth-order valence-electron chi connectivity index (χ4n) is 1.48. The quantitative estimate of drug-likeness (QED) is 0.907. The first-order valence-electron chi connectivity index (χ1n) is 5.72. The highest BCUT2D eigenvalue weighted by molar-refractivity contribution is 7.90. The highest BCUT2D eigenvalue weighted by Crippen LogP contribution is 2.29. The van der Waals surface area contributed by atoms with Crippen molar-refractivity contribution < 1.29 is 21.6 Å². The third-order valence-electron chi connectivity index (χ3n) is 2.55. The minimum Gasteiger partial charge on any atom is -0.328 e. The number of hydrogen-bond acceptors (Lipinski definition) is 3. The lowest BCUT2D eigenvalue weighted by Gasteiger charge is -2.09. The first kappa shape index (κ1) is 16.0. The van der Waals surface area contributed by atoms with Crippen LogP contribution in [0.4, 0.5) is 13.2 Å². The van der Waals surface area contributed by atoms with Gasteiger partial charge in [0.15, 0.2) is 9.84 Å². The Morgan fingerprint density at radius 1 is 1.21 bits per heavy atom. The van der Waals surface area contributed by atoms with E-state index in [2.05, 4.69) is 0 Å². The first-order valence-corrected chi connectivity index (χ1v) is 7.54. The zero-order valence-corrected chi connectivity index (χ0v) is 11.3. The number of alkyl halides is 3. The monoisotopic (exact) mass is 295 g/mol. The van der Waals surface area contributed by atoms with Crippen LogP contribution in [0, 0.1) is 0 Å². The molecule has 1 atom stereocenters. The molecule has 108 valence electrons. The lowest BCUT2D eigenvalue weighted by molar-refractivity contribution is -0.137. The molecule has 3 nitrogen and oxygen atoms in total. The van der Waals surface area contributed by atoms with Crippen molar-refractivity contribution in [3.8, 4) is 0 Å². The summed E-state index contributed by atoms with van der Waals surface area (Å²) in [5, 5.41) is 0. The molecule has 0 aromatic heterocycles. The van der Waals surface area contributed by atoms with Gasteiger partial charge in [0, 0.05) is 6.04 Å². The van der Waals surface area contributed by atoms with Crippen LogP contribution in [0.2, 0.25) is 0 Å². The molecule has 19 heavy (non-hydrogen) atoms. The van der Waals surface area contributed by atoms with Crippen molar-refractivity contribution >= 4 is 9.84 Å². The van der Waals surface area contributed by atoms with Crippen molar-refractivity contribution in [2.45, 2.75) is 31.3 Å². The normalized spacial score (nSPS) is 14.4. The van der Waals surface area contributed by atoms with E-state index in [0.717, 1.165) is 12.1 Å². The van der Waals surface area contributed by atoms with Gasteiger partial charge in [0.1, 0.15) is 0 Å². The minimum absolute atomic E-state index is 0.0638. The van der Waals surface area contributed by atoms with E-state index < -0.39 is 21.6 Å². The van der Waals surface area contributed by atoms with Crippen LogP contribution in [0.3, 0.4) is 0 Å². The predicted octanol–water partition coefficient (Wildman–Crippen LogP) is 2.36. The molecule has 0 radical (unpaired) electrons. The fraction of sp³-hybridized carbons (Fsp3) is 0.500. The Morgan fingerprint density at radius 2 is 1.74 bits per heavy atom. The van der Waals surface area contributed by atoms with Crippen LogP contribution in [-0.4, -0.2) is 20.2 Å². The maximum Gasteiger partial charge on any atom is 0.416 e. The molecule has 0 aliphatic rings. The minimum atomic E-state index is -4.41. The third-order valence-corrected chi connectivity index (χ3v) is 4.18. The zero-order valence-electron chi connectivity index (χ0n) is 10.4. The average molecular weight is 295 g/mol. The fourth-order valence-corrected chi connectivity index (χ4v) is 3.06. The third kappa shape index (κ3) is 5.61. The van der Waals surface area contributed by atoms with E-state index in [1.54, 1.807) is 6.92 Å². The molecule has 1 aromatic rings. The SMILES string of the molecule is CC(N)CCS(=O)(=O)Cc1ccc(C(F)(F)F)cc1. The first-order chi connectivity index (χ1) is 8.60. The van der Waals surface area contributed by atoms with E-state index in [1.165, 1.54) is 12.1 Å². The molecular formula is C12H16F3NO2S. The lowest BCUT2D eigenvalue weighted by atomic mass is 10.1. The molecule has 0 saturated heterocycles. The zero-order chi connectivity index (χ0) is 14.7. The van der Waals surface area contributed by atoms with Gasteiger partial charge in [0.2, 0.25) is 0 Å². The summed E-state index contributed by atoms with van der Waals surface area (Å²) < 4.78 is 60.4. The van der Waals surface area contributed by atoms with Crippen molar-refractivity contribution in [2.75, 3.05) is 5.75 Å². The summed E-state index contributed by atoms with van der Waals surface area (Å²) in [6.07, 6.45) is -4.07. The summed E-state index contributed by atoms with van der Waals surface area (Å²) in [6, 6.07) is 3.92. The van der Waals surface area contributed by atoms with E-state index in [-0.39, 0.29) is 17.5 Å². The van der Waals surface area contributed by atoms with Gasteiger partial charge >= 0.3 is 6.18 Å². The summed E-state index contributed by atoms with van der Waals surface area (Å²) in [5.74, 6) is -0.330. The van der Waals surface area contributed by atoms with Gasteiger partial charge in [-0.2, -0.15) is 13.2 Å². The van der Waals surface area contributed by atoms with Crippen LogP contribution < -0.4 is 5.73 Å². The van der Waals surface area contributed by atoms with Crippen LogP contribution in [-0.2, 0) is 21.8 Å². The predicted molar refractivity (Wildman–Crippen MR) is 67.2 cm³/mol. The van der Waals surface area contributed by atoms with Crippen LogP contribution in [0.5, 0.6) is 0 Å². The molecule has 2 N–H and O–H groups in total. The molecule has 1 unspecified atom stereocenters. The van der Waals surface area contributed by atoms with E-state index in [1.807, 2.05) is 0 Å². The van der Waals surface area contributed by atoms with Crippen LogP contribution in [0.1, 0.15) is 24.5 Å². The largest absolute Gasteiger partial charge is 0.416 e. The summed E-state index contributed by atoms with van der Waals surface area (Å²) in [6.45, 7) is 1.70. The molecule has 0 spiro atoms. The molecule has 0 fully saturated rings. The molecule has 0 aliphatic carbocycles. The standard InChI is InChI=1S/C12H16F3NO2S/c1-9(16)6-7-19(17,18)8-10-2-4-11(5-3-10)12(13,14)15/h2-5,9H,6-8,16H2,1H3. The van der Waals surface area contributed by atoms with Crippen molar-refractivity contribution in [1.82, 2.24) is 0 Å². The van der Waals surface area contributed by atoms with Crippen LogP contribution in [0.25, 0.3) is 0 Å². The number of nitrogens with two attached hydrogens (primary N) is 1. The summed E-state index contributed by atoms with van der Waals surface area (Å²) in [5.41, 5.74) is 5.03. The Balaban J connectivity index is 2.73. The van der Waals surface area contributed by atoms with Crippen molar-refractivity contribution in [1.29, 1.82) is 0 Å². The number of hydrogen-bond donors (Lipinski definition) is 1.